The van der Waals surface area contributed by atoms with Gasteiger partial charge < -0.3 is 5.73 Å². The summed E-state index contributed by atoms with van der Waals surface area (Å²) < 4.78 is 0. The summed E-state index contributed by atoms with van der Waals surface area (Å²) in [4.78, 5) is 21.7. The fourth-order valence-corrected chi connectivity index (χ4v) is 1.79. The van der Waals surface area contributed by atoms with Gasteiger partial charge in [0.25, 0.3) is 0 Å². The molecule has 2 aromatic rings. The molecule has 0 aliphatic carbocycles. The van der Waals surface area contributed by atoms with Crippen LogP contribution in [-0.2, 0) is 0 Å². The fourth-order valence-electron chi connectivity index (χ4n) is 0.973. The summed E-state index contributed by atoms with van der Waals surface area (Å²) in [6, 6.07) is 0. The Kier molecular flexibility index (Phi) is 1.37. The molecule has 0 aromatic carbocycles. The Morgan fingerprint density at radius 3 is 3.00 bits per heavy atom. The van der Waals surface area contributed by atoms with Gasteiger partial charge in [-0.1, -0.05) is 0 Å². The Morgan fingerprint density at radius 1 is 1.50 bits per heavy atom. The first-order chi connectivity index (χ1) is 5.66. The average molecular weight is 182 g/mol. The highest BCUT2D eigenvalue weighted by molar-refractivity contribution is 7.18. The third kappa shape index (κ3) is 0.964. The molecular weight excluding hydrogens is 176 g/mol. The second-order valence-electron chi connectivity index (χ2n) is 2.34. The Bertz CT molecular complexity index is 486. The van der Waals surface area contributed by atoms with E-state index in [-0.39, 0.29) is 5.82 Å². The van der Waals surface area contributed by atoms with Crippen LogP contribution in [0.25, 0.3) is 10.3 Å². The number of H-pyrrole nitrogens is 1. The number of aromatic amines is 1. The molecule has 0 radical (unpaired) electrons. The van der Waals surface area contributed by atoms with Crippen LogP contribution in [0.15, 0.2) is 4.79 Å². The minimum Gasteiger partial charge on any atom is -0.382 e. The highest BCUT2D eigenvalue weighted by Crippen LogP contribution is 2.20. The van der Waals surface area contributed by atoms with Crippen LogP contribution < -0.4 is 11.4 Å². The van der Waals surface area contributed by atoms with E-state index in [1.54, 1.807) is 0 Å². The maximum Gasteiger partial charge on any atom is 0.348 e. The first kappa shape index (κ1) is 7.23. The van der Waals surface area contributed by atoms with Crippen molar-refractivity contribution in [2.24, 2.45) is 0 Å². The third-order valence-electron chi connectivity index (χ3n) is 1.42. The lowest BCUT2D eigenvalue weighted by molar-refractivity contribution is 1.13. The minimum absolute atomic E-state index is 0.193. The van der Waals surface area contributed by atoms with Gasteiger partial charge in [0.15, 0.2) is 5.82 Å². The first-order valence-electron chi connectivity index (χ1n) is 3.30. The van der Waals surface area contributed by atoms with Gasteiger partial charge in [-0.05, 0) is 6.92 Å². The molecule has 0 unspecified atom stereocenters. The first-order valence-corrected chi connectivity index (χ1v) is 4.11. The maximum atomic E-state index is 10.8. The molecule has 12 heavy (non-hydrogen) atoms. The average Bonchev–Trinajstić information content (AvgIpc) is 2.29. The topological polar surface area (TPSA) is 84.7 Å². The zero-order valence-electron chi connectivity index (χ0n) is 6.29. The van der Waals surface area contributed by atoms with Crippen LogP contribution in [0.3, 0.4) is 0 Å². The fraction of sp³-hybridized carbons (Fsp3) is 0.167. The zero-order valence-corrected chi connectivity index (χ0v) is 7.10. The summed E-state index contributed by atoms with van der Waals surface area (Å²) in [5, 5.41) is 0.861. The molecule has 2 heterocycles. The number of hydrogen-bond donors (Lipinski definition) is 2. The highest BCUT2D eigenvalue weighted by atomic mass is 32.1. The highest BCUT2D eigenvalue weighted by Gasteiger charge is 2.05. The molecule has 0 amide bonds. The number of nitrogens with zero attached hydrogens (tertiary/aromatic N) is 2. The molecule has 62 valence electrons. The number of fused-ring (bicyclic) bond motifs is 1. The smallest absolute Gasteiger partial charge is 0.348 e. The van der Waals surface area contributed by atoms with Crippen molar-refractivity contribution in [1.82, 2.24) is 15.0 Å². The summed E-state index contributed by atoms with van der Waals surface area (Å²) in [6.07, 6.45) is 0. The van der Waals surface area contributed by atoms with Crippen molar-refractivity contribution in [1.29, 1.82) is 0 Å². The summed E-state index contributed by atoms with van der Waals surface area (Å²) in [5.74, 6) is 0.193. The molecular formula is C6H6N4OS. The number of thiazole rings is 1. The predicted molar refractivity (Wildman–Crippen MR) is 47.2 cm³/mol. The number of rotatable bonds is 0. The quantitative estimate of drug-likeness (QED) is 0.612. The number of aryl methyl sites for hydroxylation is 1. The van der Waals surface area contributed by atoms with Gasteiger partial charge in [0, 0.05) is 0 Å². The summed E-state index contributed by atoms with van der Waals surface area (Å²) >= 11 is 1.39. The van der Waals surface area contributed by atoms with Crippen LogP contribution in [-0.4, -0.2) is 15.0 Å². The van der Waals surface area contributed by atoms with Gasteiger partial charge in [-0.25, -0.2) is 9.78 Å². The van der Waals surface area contributed by atoms with E-state index in [0.29, 0.717) is 10.3 Å². The number of nitrogens with one attached hydrogen (secondary N) is 1. The van der Waals surface area contributed by atoms with Crippen LogP contribution in [0.5, 0.6) is 0 Å². The van der Waals surface area contributed by atoms with Crippen LogP contribution in [0.2, 0.25) is 0 Å². The van der Waals surface area contributed by atoms with Crippen LogP contribution in [0.4, 0.5) is 5.82 Å². The Labute approximate surface area is 71.3 Å². The maximum absolute atomic E-state index is 10.8. The van der Waals surface area contributed by atoms with E-state index < -0.39 is 5.69 Å². The molecule has 2 rings (SSSR count). The molecule has 0 bridgehead atoms. The number of nitrogens with two attached hydrogens (primary N) is 1. The Balaban J connectivity index is 2.97. The largest absolute Gasteiger partial charge is 0.382 e. The summed E-state index contributed by atoms with van der Waals surface area (Å²) in [5.41, 5.74) is 5.64. The van der Waals surface area contributed by atoms with Gasteiger partial charge in [0.1, 0.15) is 10.3 Å². The minimum atomic E-state index is -0.427. The molecule has 0 spiro atoms. The van der Waals surface area contributed by atoms with E-state index >= 15 is 0 Å². The lowest BCUT2D eigenvalue weighted by Gasteiger charge is -1.89. The second-order valence-corrected chi connectivity index (χ2v) is 3.54. The SMILES string of the molecule is Cc1nc2c(N)nc(=O)[nH]c2s1. The van der Waals surface area contributed by atoms with Crippen LogP contribution >= 0.6 is 11.3 Å². The van der Waals surface area contributed by atoms with Crippen molar-refractivity contribution >= 4 is 27.5 Å². The van der Waals surface area contributed by atoms with Crippen LogP contribution in [0, 0.1) is 6.92 Å². The van der Waals surface area contributed by atoms with Crippen molar-refractivity contribution in [3.8, 4) is 0 Å². The van der Waals surface area contributed by atoms with E-state index in [0.717, 1.165) is 5.01 Å². The Hall–Kier alpha value is -1.43. The van der Waals surface area contributed by atoms with Gasteiger partial charge >= 0.3 is 5.69 Å². The Morgan fingerprint density at radius 2 is 2.25 bits per heavy atom. The number of anilines is 1. The second kappa shape index (κ2) is 2.28. The molecule has 5 nitrogen and oxygen atoms in total. The summed E-state index contributed by atoms with van der Waals surface area (Å²) in [7, 11) is 0. The zero-order chi connectivity index (χ0) is 8.72. The normalized spacial score (nSPS) is 10.8. The summed E-state index contributed by atoms with van der Waals surface area (Å²) in [6.45, 7) is 1.85. The van der Waals surface area contributed by atoms with Crippen molar-refractivity contribution in [2.75, 3.05) is 5.73 Å². The molecule has 0 saturated heterocycles. The lowest BCUT2D eigenvalue weighted by Crippen LogP contribution is -2.11. The van der Waals surface area contributed by atoms with E-state index in [1.165, 1.54) is 11.3 Å². The van der Waals surface area contributed by atoms with E-state index in [2.05, 4.69) is 15.0 Å². The lowest BCUT2D eigenvalue weighted by atomic mass is 10.5. The van der Waals surface area contributed by atoms with Crippen molar-refractivity contribution < 1.29 is 0 Å². The van der Waals surface area contributed by atoms with E-state index in [4.69, 9.17) is 5.73 Å². The molecule has 0 saturated carbocycles. The van der Waals surface area contributed by atoms with Crippen LogP contribution in [0.1, 0.15) is 5.01 Å². The monoisotopic (exact) mass is 182 g/mol. The number of aromatic nitrogens is 3. The van der Waals surface area contributed by atoms with Gasteiger partial charge in [-0.15, -0.1) is 11.3 Å². The molecule has 2 aromatic heterocycles. The van der Waals surface area contributed by atoms with E-state index in [9.17, 15) is 4.79 Å². The van der Waals surface area contributed by atoms with Crippen molar-refractivity contribution in [3.05, 3.63) is 15.5 Å². The van der Waals surface area contributed by atoms with Crippen molar-refractivity contribution in [3.63, 3.8) is 0 Å². The standard InChI is InChI=1S/C6H6N4OS/c1-2-8-3-4(7)9-6(11)10-5(3)12-2/h1H3,(H3,7,9,10,11). The van der Waals surface area contributed by atoms with Gasteiger partial charge in [0.2, 0.25) is 0 Å². The van der Waals surface area contributed by atoms with Gasteiger partial charge in [-0.2, -0.15) is 4.98 Å². The molecule has 6 heteroatoms. The third-order valence-corrected chi connectivity index (χ3v) is 2.31. The van der Waals surface area contributed by atoms with Gasteiger partial charge in [0.05, 0.1) is 5.01 Å². The molecule has 0 fully saturated rings. The number of nitrogen functional groups attached to an aromatic ring is 1. The van der Waals surface area contributed by atoms with E-state index in [1.807, 2.05) is 6.92 Å². The molecule has 0 atom stereocenters. The van der Waals surface area contributed by atoms with Crippen molar-refractivity contribution in [2.45, 2.75) is 6.92 Å². The number of hydrogen-bond acceptors (Lipinski definition) is 5. The van der Waals surface area contributed by atoms with Gasteiger partial charge in [-0.3, -0.25) is 4.98 Å². The molecule has 0 aliphatic rings. The molecule has 0 aliphatic heterocycles. The molecule has 3 N–H and O–H groups in total. The predicted octanol–water partition coefficient (Wildman–Crippen LogP) is 0.270.